The Hall–Kier alpha value is -3.43. The minimum Gasteiger partial charge on any atom is -1.00 e. The molecule has 1 amide bonds. The van der Waals surface area contributed by atoms with Crippen LogP contribution in [-0.4, -0.2) is 10.8 Å². The van der Waals surface area contributed by atoms with Crippen LogP contribution >= 0.6 is 0 Å². The van der Waals surface area contributed by atoms with Gasteiger partial charge in [0.1, 0.15) is 0 Å². The number of carbonyl (C=O) groups is 1. The maximum absolute atomic E-state index is 13.7. The van der Waals surface area contributed by atoms with Gasteiger partial charge in [-0.15, -0.1) is 0 Å². The molecular formula is C27H25ClN2O. The Bertz CT molecular complexity index is 1080. The van der Waals surface area contributed by atoms with Crippen molar-refractivity contribution >= 4 is 5.91 Å². The molecule has 0 radical (unpaired) electrons. The van der Waals surface area contributed by atoms with E-state index in [1.165, 1.54) is 5.56 Å². The van der Waals surface area contributed by atoms with Crippen molar-refractivity contribution in [1.82, 2.24) is 4.90 Å². The van der Waals surface area contributed by atoms with E-state index < -0.39 is 0 Å². The lowest BCUT2D eigenvalue weighted by Crippen LogP contribution is -3.00. The number of rotatable bonds is 6. The van der Waals surface area contributed by atoms with Crippen molar-refractivity contribution in [2.24, 2.45) is 0 Å². The van der Waals surface area contributed by atoms with Gasteiger partial charge in [0.05, 0.1) is 6.54 Å². The van der Waals surface area contributed by atoms with Crippen molar-refractivity contribution in [3.63, 3.8) is 0 Å². The van der Waals surface area contributed by atoms with E-state index in [9.17, 15) is 4.79 Å². The molecule has 1 aromatic heterocycles. The van der Waals surface area contributed by atoms with E-state index in [-0.39, 0.29) is 24.5 Å². The van der Waals surface area contributed by atoms with Crippen molar-refractivity contribution in [1.29, 1.82) is 0 Å². The molecule has 31 heavy (non-hydrogen) atoms. The Labute approximate surface area is 190 Å². The first-order valence-corrected chi connectivity index (χ1v) is 10.1. The summed E-state index contributed by atoms with van der Waals surface area (Å²) in [6.45, 7) is 2.58. The summed E-state index contributed by atoms with van der Waals surface area (Å²) in [5.41, 5.74) is 4.04. The van der Waals surface area contributed by atoms with Crippen molar-refractivity contribution in [2.75, 3.05) is 0 Å². The van der Waals surface area contributed by atoms with Crippen LogP contribution < -0.4 is 17.0 Å². The van der Waals surface area contributed by atoms with Crippen molar-refractivity contribution in [3.05, 3.63) is 138 Å². The third-order valence-electron chi connectivity index (χ3n) is 5.17. The van der Waals surface area contributed by atoms with E-state index in [0.717, 1.165) is 11.1 Å². The average molecular weight is 429 g/mol. The van der Waals surface area contributed by atoms with Crippen LogP contribution in [-0.2, 0) is 6.54 Å². The summed E-state index contributed by atoms with van der Waals surface area (Å²) in [6.07, 6.45) is 3.77. The normalized spacial score (nSPS) is 11.3. The average Bonchev–Trinajstić information content (AvgIpc) is 2.81. The number of aryl methyl sites for hydroxylation is 1. The predicted octanol–water partition coefficient (Wildman–Crippen LogP) is 2.18. The van der Waals surface area contributed by atoms with E-state index in [1.807, 2.05) is 84.0 Å². The van der Waals surface area contributed by atoms with Gasteiger partial charge in [-0.3, -0.25) is 9.69 Å². The third kappa shape index (κ3) is 5.39. The second-order valence-electron chi connectivity index (χ2n) is 7.39. The standard InChI is InChI=1S/C27H25N2O.ClH/c1-22-15-17-24(18-16-22)26(28-19-9-4-10-20-28)29(21-23-11-5-2-6-12-23)27(30)25-13-7-3-8-14-25;/h2-20,26H,21H2,1H3;1H/q+1;/p-1. The molecule has 1 atom stereocenters. The number of hydrogen-bond acceptors (Lipinski definition) is 1. The fraction of sp³-hybridized carbons (Fsp3) is 0.111. The van der Waals surface area contributed by atoms with Crippen LogP contribution in [0.2, 0.25) is 0 Å². The van der Waals surface area contributed by atoms with Gasteiger partial charge in [-0.2, -0.15) is 4.57 Å². The SMILES string of the molecule is Cc1ccc(C(N(Cc2ccccc2)C(=O)c2ccccc2)[n+]2ccccc2)cc1.[Cl-]. The van der Waals surface area contributed by atoms with Gasteiger partial charge in [0.25, 0.3) is 12.1 Å². The second-order valence-corrected chi connectivity index (χ2v) is 7.39. The Morgan fingerprint density at radius 2 is 1.32 bits per heavy atom. The number of hydrogen-bond donors (Lipinski definition) is 0. The number of pyridine rings is 1. The van der Waals surface area contributed by atoms with Crippen LogP contribution in [0.3, 0.4) is 0 Å². The fourth-order valence-corrected chi connectivity index (χ4v) is 3.62. The highest BCUT2D eigenvalue weighted by molar-refractivity contribution is 5.94. The molecule has 0 saturated carbocycles. The summed E-state index contributed by atoms with van der Waals surface area (Å²) in [6, 6.07) is 34.0. The maximum Gasteiger partial charge on any atom is 0.262 e. The Morgan fingerprint density at radius 3 is 1.94 bits per heavy atom. The molecule has 0 fully saturated rings. The highest BCUT2D eigenvalue weighted by Gasteiger charge is 2.33. The van der Waals surface area contributed by atoms with Crippen LogP contribution in [0.1, 0.15) is 33.2 Å². The lowest BCUT2D eigenvalue weighted by molar-refractivity contribution is -0.731. The number of carbonyl (C=O) groups excluding carboxylic acids is 1. The summed E-state index contributed by atoms with van der Waals surface area (Å²) < 4.78 is 2.09. The number of benzene rings is 3. The first kappa shape index (κ1) is 22.3. The molecule has 1 heterocycles. The summed E-state index contributed by atoms with van der Waals surface area (Å²) in [5, 5.41) is 0. The van der Waals surface area contributed by atoms with Gasteiger partial charge in [0, 0.05) is 23.3 Å². The highest BCUT2D eigenvalue weighted by Crippen LogP contribution is 2.23. The molecular weight excluding hydrogens is 404 g/mol. The van der Waals surface area contributed by atoms with E-state index in [4.69, 9.17) is 0 Å². The van der Waals surface area contributed by atoms with Gasteiger partial charge in [-0.25, -0.2) is 0 Å². The van der Waals surface area contributed by atoms with Crippen LogP contribution in [0.25, 0.3) is 0 Å². The zero-order valence-electron chi connectivity index (χ0n) is 17.4. The minimum absolute atomic E-state index is 0. The number of amides is 1. The zero-order valence-corrected chi connectivity index (χ0v) is 18.2. The summed E-state index contributed by atoms with van der Waals surface area (Å²) in [4.78, 5) is 15.7. The van der Waals surface area contributed by atoms with Gasteiger partial charge in [0.2, 0.25) is 0 Å². The molecule has 0 aliphatic carbocycles. The largest absolute Gasteiger partial charge is 1.00 e. The Morgan fingerprint density at radius 1 is 0.774 bits per heavy atom. The minimum atomic E-state index is -0.264. The summed E-state index contributed by atoms with van der Waals surface area (Å²) in [5.74, 6) is 0.00128. The van der Waals surface area contributed by atoms with E-state index >= 15 is 0 Å². The molecule has 4 rings (SSSR count). The Balaban J connectivity index is 0.00000272. The van der Waals surface area contributed by atoms with Gasteiger partial charge in [-0.1, -0.05) is 84.4 Å². The molecule has 3 aromatic carbocycles. The van der Waals surface area contributed by atoms with E-state index in [2.05, 4.69) is 47.9 Å². The molecule has 3 nitrogen and oxygen atoms in total. The van der Waals surface area contributed by atoms with Crippen LogP contribution in [0.5, 0.6) is 0 Å². The molecule has 1 unspecified atom stereocenters. The van der Waals surface area contributed by atoms with Crippen LogP contribution in [0, 0.1) is 6.92 Å². The van der Waals surface area contributed by atoms with Crippen molar-refractivity contribution < 1.29 is 21.8 Å². The van der Waals surface area contributed by atoms with Crippen molar-refractivity contribution in [2.45, 2.75) is 19.6 Å². The number of halogens is 1. The second kappa shape index (κ2) is 10.6. The molecule has 0 N–H and O–H groups in total. The Kier molecular flexibility index (Phi) is 7.58. The third-order valence-corrected chi connectivity index (χ3v) is 5.17. The topological polar surface area (TPSA) is 24.2 Å². The molecule has 4 heteroatoms. The summed E-state index contributed by atoms with van der Waals surface area (Å²) >= 11 is 0. The van der Waals surface area contributed by atoms with Crippen LogP contribution in [0.15, 0.2) is 116 Å². The lowest BCUT2D eigenvalue weighted by atomic mass is 10.1. The first-order chi connectivity index (χ1) is 14.7. The molecule has 0 spiro atoms. The molecule has 156 valence electrons. The smallest absolute Gasteiger partial charge is 0.262 e. The maximum atomic E-state index is 13.7. The molecule has 0 saturated heterocycles. The molecule has 0 aliphatic heterocycles. The zero-order chi connectivity index (χ0) is 20.8. The predicted molar refractivity (Wildman–Crippen MR) is 119 cm³/mol. The quantitative estimate of drug-likeness (QED) is 0.432. The molecule has 4 aromatic rings. The van der Waals surface area contributed by atoms with Gasteiger partial charge in [-0.05, 0) is 24.6 Å². The van der Waals surface area contributed by atoms with Crippen LogP contribution in [0.4, 0.5) is 0 Å². The van der Waals surface area contributed by atoms with Gasteiger partial charge in [0.15, 0.2) is 12.4 Å². The summed E-state index contributed by atoms with van der Waals surface area (Å²) in [7, 11) is 0. The first-order valence-electron chi connectivity index (χ1n) is 10.1. The number of aromatic nitrogens is 1. The van der Waals surface area contributed by atoms with Gasteiger partial charge < -0.3 is 12.4 Å². The van der Waals surface area contributed by atoms with Crippen molar-refractivity contribution in [3.8, 4) is 0 Å². The lowest BCUT2D eigenvalue weighted by Gasteiger charge is -2.28. The molecule has 0 bridgehead atoms. The van der Waals surface area contributed by atoms with E-state index in [0.29, 0.717) is 12.1 Å². The fourth-order valence-electron chi connectivity index (χ4n) is 3.62. The monoisotopic (exact) mass is 428 g/mol. The number of nitrogens with zero attached hydrogens (tertiary/aromatic N) is 2. The molecule has 0 aliphatic rings. The van der Waals surface area contributed by atoms with Gasteiger partial charge >= 0.3 is 0 Å². The highest BCUT2D eigenvalue weighted by atomic mass is 35.5. The van der Waals surface area contributed by atoms with E-state index in [1.54, 1.807) is 0 Å².